The van der Waals surface area contributed by atoms with E-state index >= 15 is 0 Å². The average molecular weight is 262 g/mol. The third-order valence-corrected chi connectivity index (χ3v) is 4.65. The molecule has 19 heavy (non-hydrogen) atoms. The second kappa shape index (κ2) is 5.31. The van der Waals surface area contributed by atoms with Crippen LogP contribution in [0.15, 0.2) is 0 Å². The topological polar surface area (TPSA) is 70.7 Å². The maximum Gasteiger partial charge on any atom is 0.220 e. The van der Waals surface area contributed by atoms with Gasteiger partial charge >= 0.3 is 0 Å². The molecular formula is C14H22N4O. The van der Waals surface area contributed by atoms with Gasteiger partial charge in [-0.2, -0.15) is 5.10 Å². The van der Waals surface area contributed by atoms with E-state index in [9.17, 15) is 4.79 Å². The Labute approximate surface area is 113 Å². The molecule has 5 nitrogen and oxygen atoms in total. The lowest BCUT2D eigenvalue weighted by molar-refractivity contribution is -0.122. The van der Waals surface area contributed by atoms with E-state index in [0.29, 0.717) is 18.9 Å². The number of carbonyl (C=O) groups is 1. The fourth-order valence-electron chi connectivity index (χ4n) is 3.75. The van der Waals surface area contributed by atoms with Crippen molar-refractivity contribution >= 4 is 5.91 Å². The Bertz CT molecular complexity index is 456. The lowest BCUT2D eigenvalue weighted by Crippen LogP contribution is -2.37. The molecule has 1 aromatic rings. The normalized spacial score (nSPS) is 29.4. The van der Waals surface area contributed by atoms with Crippen molar-refractivity contribution in [1.29, 1.82) is 0 Å². The maximum absolute atomic E-state index is 12.0. The van der Waals surface area contributed by atoms with Crippen LogP contribution in [-0.4, -0.2) is 27.1 Å². The standard InChI is InChI=1S/C14H22N4O/c1-9-15-13(18-17-9)7-8-14(19)16-12-6-5-10-3-2-4-11(10)12/h10-12H,2-8H2,1H3,(H,16,19)(H,15,17,18)/t10-,11-,12-/m0/s1. The molecule has 0 bridgehead atoms. The lowest BCUT2D eigenvalue weighted by Gasteiger charge is -2.19. The number of amides is 1. The third-order valence-electron chi connectivity index (χ3n) is 4.65. The van der Waals surface area contributed by atoms with E-state index in [1.165, 1.54) is 32.1 Å². The number of nitrogens with one attached hydrogen (secondary N) is 2. The van der Waals surface area contributed by atoms with E-state index in [-0.39, 0.29) is 5.91 Å². The summed E-state index contributed by atoms with van der Waals surface area (Å²) in [5.74, 6) is 3.31. The van der Waals surface area contributed by atoms with Gasteiger partial charge in [-0.25, -0.2) is 4.98 Å². The summed E-state index contributed by atoms with van der Waals surface area (Å²) in [7, 11) is 0. The van der Waals surface area contributed by atoms with Gasteiger partial charge in [0.15, 0.2) is 5.82 Å². The van der Waals surface area contributed by atoms with E-state index in [4.69, 9.17) is 0 Å². The van der Waals surface area contributed by atoms with Gasteiger partial charge in [0, 0.05) is 18.9 Å². The SMILES string of the molecule is Cc1nc(CCC(=O)N[C@H]2CC[C@@H]3CCC[C@@H]32)n[nH]1. The van der Waals surface area contributed by atoms with Crippen molar-refractivity contribution < 1.29 is 4.79 Å². The zero-order chi connectivity index (χ0) is 13.2. The molecule has 3 atom stereocenters. The van der Waals surface area contributed by atoms with E-state index in [0.717, 1.165) is 23.5 Å². The number of nitrogens with zero attached hydrogens (tertiary/aromatic N) is 2. The number of hydrogen-bond acceptors (Lipinski definition) is 3. The van der Waals surface area contributed by atoms with Crippen molar-refractivity contribution in [2.75, 3.05) is 0 Å². The zero-order valence-electron chi connectivity index (χ0n) is 11.5. The highest BCUT2D eigenvalue weighted by Gasteiger charge is 2.39. The average Bonchev–Trinajstić information content (AvgIpc) is 3.05. The smallest absolute Gasteiger partial charge is 0.220 e. The molecule has 0 unspecified atom stereocenters. The minimum atomic E-state index is 0.153. The number of hydrogen-bond donors (Lipinski definition) is 2. The maximum atomic E-state index is 12.0. The Hall–Kier alpha value is -1.39. The van der Waals surface area contributed by atoms with Crippen LogP contribution in [0.2, 0.25) is 0 Å². The van der Waals surface area contributed by atoms with Crippen molar-refractivity contribution in [2.45, 2.75) is 57.9 Å². The Balaban J connectivity index is 1.46. The van der Waals surface area contributed by atoms with Crippen molar-refractivity contribution in [2.24, 2.45) is 11.8 Å². The molecule has 0 radical (unpaired) electrons. The van der Waals surface area contributed by atoms with Crippen molar-refractivity contribution in [3.05, 3.63) is 11.6 Å². The third kappa shape index (κ3) is 2.80. The number of fused-ring (bicyclic) bond motifs is 1. The number of aromatic amines is 1. The van der Waals surface area contributed by atoms with Gasteiger partial charge in [0.2, 0.25) is 5.91 Å². The first-order chi connectivity index (χ1) is 9.22. The highest BCUT2D eigenvalue weighted by Crippen LogP contribution is 2.43. The first kappa shape index (κ1) is 12.6. The Morgan fingerprint density at radius 1 is 1.37 bits per heavy atom. The summed E-state index contributed by atoms with van der Waals surface area (Å²) >= 11 is 0. The second-order valence-electron chi connectivity index (χ2n) is 5.94. The number of rotatable bonds is 4. The van der Waals surface area contributed by atoms with Crippen molar-refractivity contribution in [1.82, 2.24) is 20.5 Å². The highest BCUT2D eigenvalue weighted by atomic mass is 16.1. The van der Waals surface area contributed by atoms with Gasteiger partial charge in [-0.3, -0.25) is 9.89 Å². The number of carbonyl (C=O) groups excluding carboxylic acids is 1. The van der Waals surface area contributed by atoms with Gasteiger partial charge in [0.25, 0.3) is 0 Å². The molecule has 3 rings (SSSR count). The van der Waals surface area contributed by atoms with E-state index in [2.05, 4.69) is 20.5 Å². The molecule has 2 aliphatic carbocycles. The first-order valence-corrected chi connectivity index (χ1v) is 7.39. The van der Waals surface area contributed by atoms with E-state index < -0.39 is 0 Å². The summed E-state index contributed by atoms with van der Waals surface area (Å²) in [6, 6.07) is 0.425. The highest BCUT2D eigenvalue weighted by molar-refractivity contribution is 5.76. The predicted octanol–water partition coefficient (Wildman–Crippen LogP) is 1.74. The molecule has 2 aliphatic rings. The zero-order valence-corrected chi connectivity index (χ0v) is 11.5. The van der Waals surface area contributed by atoms with Crippen LogP contribution in [0.3, 0.4) is 0 Å². The van der Waals surface area contributed by atoms with Gasteiger partial charge in [0.1, 0.15) is 5.82 Å². The largest absolute Gasteiger partial charge is 0.353 e. The van der Waals surface area contributed by atoms with Crippen LogP contribution in [0, 0.1) is 18.8 Å². The summed E-state index contributed by atoms with van der Waals surface area (Å²) in [6.45, 7) is 1.87. The molecule has 0 spiro atoms. The molecule has 1 amide bonds. The summed E-state index contributed by atoms with van der Waals surface area (Å²) in [5, 5.41) is 10.1. The van der Waals surface area contributed by atoms with E-state index in [1.54, 1.807) is 0 Å². The number of aryl methyl sites for hydroxylation is 2. The van der Waals surface area contributed by atoms with Crippen molar-refractivity contribution in [3.8, 4) is 0 Å². The Morgan fingerprint density at radius 2 is 2.26 bits per heavy atom. The summed E-state index contributed by atoms with van der Waals surface area (Å²) in [4.78, 5) is 16.2. The molecular weight excluding hydrogens is 240 g/mol. The molecule has 1 heterocycles. The Morgan fingerprint density at radius 3 is 3.05 bits per heavy atom. The first-order valence-electron chi connectivity index (χ1n) is 7.39. The molecule has 0 aliphatic heterocycles. The molecule has 2 N–H and O–H groups in total. The van der Waals surface area contributed by atoms with Crippen LogP contribution in [0.5, 0.6) is 0 Å². The minimum Gasteiger partial charge on any atom is -0.353 e. The van der Waals surface area contributed by atoms with Gasteiger partial charge in [-0.15, -0.1) is 0 Å². The van der Waals surface area contributed by atoms with Crippen LogP contribution >= 0.6 is 0 Å². The quantitative estimate of drug-likeness (QED) is 0.868. The summed E-state index contributed by atoms with van der Waals surface area (Å²) < 4.78 is 0. The monoisotopic (exact) mass is 262 g/mol. The molecule has 0 saturated heterocycles. The molecule has 2 saturated carbocycles. The summed E-state index contributed by atoms with van der Waals surface area (Å²) in [5.41, 5.74) is 0. The van der Waals surface area contributed by atoms with Crippen LogP contribution in [0.25, 0.3) is 0 Å². The van der Waals surface area contributed by atoms with Crippen LogP contribution < -0.4 is 5.32 Å². The summed E-state index contributed by atoms with van der Waals surface area (Å²) in [6.07, 6.45) is 7.60. The van der Waals surface area contributed by atoms with Crippen LogP contribution in [0.1, 0.15) is 50.2 Å². The fraction of sp³-hybridized carbons (Fsp3) is 0.786. The van der Waals surface area contributed by atoms with Crippen LogP contribution in [-0.2, 0) is 11.2 Å². The Kier molecular flexibility index (Phi) is 3.53. The minimum absolute atomic E-state index is 0.153. The molecule has 1 aromatic heterocycles. The molecule has 104 valence electrons. The lowest BCUT2D eigenvalue weighted by atomic mass is 9.97. The molecule has 0 aromatic carbocycles. The van der Waals surface area contributed by atoms with Crippen molar-refractivity contribution in [3.63, 3.8) is 0 Å². The number of aromatic nitrogens is 3. The fourth-order valence-corrected chi connectivity index (χ4v) is 3.75. The number of H-pyrrole nitrogens is 1. The second-order valence-corrected chi connectivity index (χ2v) is 5.94. The van der Waals surface area contributed by atoms with Gasteiger partial charge in [-0.1, -0.05) is 12.8 Å². The van der Waals surface area contributed by atoms with Crippen LogP contribution in [0.4, 0.5) is 0 Å². The molecule has 5 heteroatoms. The molecule has 2 fully saturated rings. The van der Waals surface area contributed by atoms with Gasteiger partial charge in [0.05, 0.1) is 0 Å². The predicted molar refractivity (Wildman–Crippen MR) is 71.4 cm³/mol. The van der Waals surface area contributed by atoms with Gasteiger partial charge in [-0.05, 0) is 38.0 Å². The van der Waals surface area contributed by atoms with E-state index in [1.807, 2.05) is 6.92 Å². The van der Waals surface area contributed by atoms with Gasteiger partial charge < -0.3 is 5.32 Å².